The lowest BCUT2D eigenvalue weighted by molar-refractivity contribution is 0.0481. The summed E-state index contributed by atoms with van der Waals surface area (Å²) >= 11 is 0. The van der Waals surface area contributed by atoms with E-state index in [1.807, 2.05) is 0 Å². The van der Waals surface area contributed by atoms with Crippen molar-refractivity contribution in [2.24, 2.45) is 0 Å². The molecule has 0 aliphatic rings. The lowest BCUT2D eigenvalue weighted by Gasteiger charge is -2.16. The van der Waals surface area contributed by atoms with E-state index >= 15 is 0 Å². The van der Waals surface area contributed by atoms with E-state index in [9.17, 15) is 0 Å². The van der Waals surface area contributed by atoms with Crippen LogP contribution in [0.3, 0.4) is 0 Å². The second kappa shape index (κ2) is 6.62. The first-order valence-electron chi connectivity index (χ1n) is 5.96. The van der Waals surface area contributed by atoms with Crippen LogP contribution in [0.2, 0.25) is 0 Å². The minimum atomic E-state index is 0.275. The average Bonchev–Trinajstić information content (AvgIpc) is 2.26. The van der Waals surface area contributed by atoms with Crippen LogP contribution in [-0.2, 0) is 4.74 Å². The molecule has 0 aliphatic carbocycles. The average molecular weight is 206 g/mol. The second-order valence-corrected chi connectivity index (χ2v) is 4.03. The lowest BCUT2D eigenvalue weighted by Crippen LogP contribution is -2.04. The van der Waals surface area contributed by atoms with Crippen LogP contribution in [0.1, 0.15) is 50.3 Å². The van der Waals surface area contributed by atoms with Crippen molar-refractivity contribution >= 4 is 0 Å². The van der Waals surface area contributed by atoms with Gasteiger partial charge in [0.1, 0.15) is 0 Å². The molecule has 0 amide bonds. The Morgan fingerprint density at radius 1 is 1.13 bits per heavy atom. The Morgan fingerprint density at radius 2 is 1.80 bits per heavy atom. The fourth-order valence-corrected chi connectivity index (χ4v) is 1.60. The Balaban J connectivity index is 2.53. The number of hydrogen-bond acceptors (Lipinski definition) is 1. The predicted octanol–water partition coefficient (Wildman–Crippen LogP) is 4.26. The minimum absolute atomic E-state index is 0.275. The third kappa shape index (κ3) is 4.05. The van der Waals surface area contributed by atoms with Crippen molar-refractivity contribution in [2.45, 2.75) is 46.1 Å². The summed E-state index contributed by atoms with van der Waals surface area (Å²) in [5, 5.41) is 0. The zero-order valence-electron chi connectivity index (χ0n) is 10.1. The Kier molecular flexibility index (Phi) is 5.41. The molecular formula is C14H22O. The molecular weight excluding hydrogens is 184 g/mol. The van der Waals surface area contributed by atoms with Crippen LogP contribution in [0.4, 0.5) is 0 Å². The second-order valence-electron chi connectivity index (χ2n) is 4.03. The Labute approximate surface area is 93.5 Å². The molecule has 1 nitrogen and oxygen atoms in total. The van der Waals surface area contributed by atoms with Gasteiger partial charge in [0.05, 0.1) is 6.10 Å². The molecule has 0 fully saturated rings. The van der Waals surface area contributed by atoms with Crippen LogP contribution in [0, 0.1) is 6.92 Å². The molecule has 0 aromatic heterocycles. The maximum Gasteiger partial charge on any atom is 0.0822 e. The van der Waals surface area contributed by atoms with Crippen LogP contribution >= 0.6 is 0 Å². The first kappa shape index (κ1) is 12.3. The number of unbranched alkanes of at least 4 members (excludes halogenated alkanes) is 1. The molecule has 0 saturated carbocycles. The minimum Gasteiger partial charge on any atom is -0.374 e. The standard InChI is InChI=1S/C14H22O/c1-4-6-11-15-14(5-2)13-9-7-12(3)8-10-13/h7-10,14H,4-6,11H2,1-3H3. The molecule has 1 aromatic carbocycles. The molecule has 15 heavy (non-hydrogen) atoms. The number of ether oxygens (including phenoxy) is 1. The summed E-state index contributed by atoms with van der Waals surface area (Å²) in [4.78, 5) is 0. The van der Waals surface area contributed by atoms with Gasteiger partial charge in [-0.3, -0.25) is 0 Å². The van der Waals surface area contributed by atoms with Gasteiger partial charge in [0.15, 0.2) is 0 Å². The summed E-state index contributed by atoms with van der Waals surface area (Å²) in [7, 11) is 0. The fourth-order valence-electron chi connectivity index (χ4n) is 1.60. The molecule has 0 N–H and O–H groups in total. The number of benzene rings is 1. The fraction of sp³-hybridized carbons (Fsp3) is 0.571. The molecule has 0 bridgehead atoms. The van der Waals surface area contributed by atoms with E-state index in [1.165, 1.54) is 17.5 Å². The van der Waals surface area contributed by atoms with Gasteiger partial charge in [-0.2, -0.15) is 0 Å². The molecule has 84 valence electrons. The van der Waals surface area contributed by atoms with Gasteiger partial charge in [-0.25, -0.2) is 0 Å². The van der Waals surface area contributed by atoms with Crippen LogP contribution in [-0.4, -0.2) is 6.61 Å². The highest BCUT2D eigenvalue weighted by Gasteiger charge is 2.08. The molecule has 0 heterocycles. The van der Waals surface area contributed by atoms with E-state index in [-0.39, 0.29) is 6.10 Å². The summed E-state index contributed by atoms with van der Waals surface area (Å²) in [5.74, 6) is 0. The SMILES string of the molecule is CCCCOC(CC)c1ccc(C)cc1. The highest BCUT2D eigenvalue weighted by Crippen LogP contribution is 2.21. The van der Waals surface area contributed by atoms with Crippen molar-refractivity contribution in [1.82, 2.24) is 0 Å². The van der Waals surface area contributed by atoms with Crippen LogP contribution in [0.5, 0.6) is 0 Å². The Bertz CT molecular complexity index is 263. The van der Waals surface area contributed by atoms with Crippen molar-refractivity contribution in [2.75, 3.05) is 6.61 Å². The summed E-state index contributed by atoms with van der Waals surface area (Å²) in [6.45, 7) is 7.36. The lowest BCUT2D eigenvalue weighted by atomic mass is 10.1. The van der Waals surface area contributed by atoms with Crippen LogP contribution in [0.15, 0.2) is 24.3 Å². The van der Waals surface area contributed by atoms with Gasteiger partial charge >= 0.3 is 0 Å². The summed E-state index contributed by atoms with van der Waals surface area (Å²) < 4.78 is 5.86. The molecule has 1 unspecified atom stereocenters. The Morgan fingerprint density at radius 3 is 2.33 bits per heavy atom. The third-order valence-electron chi connectivity index (χ3n) is 2.64. The van der Waals surface area contributed by atoms with E-state index in [0.717, 1.165) is 19.4 Å². The van der Waals surface area contributed by atoms with Crippen LogP contribution < -0.4 is 0 Å². The van der Waals surface area contributed by atoms with E-state index in [4.69, 9.17) is 4.74 Å². The molecule has 1 heteroatoms. The molecule has 1 rings (SSSR count). The van der Waals surface area contributed by atoms with E-state index in [1.54, 1.807) is 0 Å². The van der Waals surface area contributed by atoms with Gasteiger partial charge in [0.2, 0.25) is 0 Å². The van der Waals surface area contributed by atoms with E-state index < -0.39 is 0 Å². The van der Waals surface area contributed by atoms with Crippen molar-refractivity contribution < 1.29 is 4.74 Å². The zero-order valence-corrected chi connectivity index (χ0v) is 10.1. The Hall–Kier alpha value is -0.820. The highest BCUT2D eigenvalue weighted by atomic mass is 16.5. The maximum absolute atomic E-state index is 5.86. The van der Waals surface area contributed by atoms with Gasteiger partial charge in [0, 0.05) is 6.61 Å². The largest absolute Gasteiger partial charge is 0.374 e. The molecule has 1 aromatic rings. The smallest absolute Gasteiger partial charge is 0.0822 e. The van der Waals surface area contributed by atoms with Gasteiger partial charge in [0.25, 0.3) is 0 Å². The molecule has 1 atom stereocenters. The number of hydrogen-bond donors (Lipinski definition) is 0. The molecule has 0 aliphatic heterocycles. The van der Waals surface area contributed by atoms with Gasteiger partial charge < -0.3 is 4.74 Å². The van der Waals surface area contributed by atoms with Crippen molar-refractivity contribution in [3.05, 3.63) is 35.4 Å². The van der Waals surface area contributed by atoms with Crippen molar-refractivity contribution in [1.29, 1.82) is 0 Å². The first-order chi connectivity index (χ1) is 7.27. The maximum atomic E-state index is 5.86. The van der Waals surface area contributed by atoms with Gasteiger partial charge in [-0.1, -0.05) is 50.1 Å². The number of rotatable bonds is 6. The molecule has 0 radical (unpaired) electrons. The van der Waals surface area contributed by atoms with Crippen molar-refractivity contribution in [3.8, 4) is 0 Å². The monoisotopic (exact) mass is 206 g/mol. The molecule has 0 saturated heterocycles. The van der Waals surface area contributed by atoms with Crippen LogP contribution in [0.25, 0.3) is 0 Å². The van der Waals surface area contributed by atoms with Gasteiger partial charge in [-0.15, -0.1) is 0 Å². The van der Waals surface area contributed by atoms with E-state index in [0.29, 0.717) is 0 Å². The van der Waals surface area contributed by atoms with E-state index in [2.05, 4.69) is 45.0 Å². The normalized spacial score (nSPS) is 12.7. The first-order valence-corrected chi connectivity index (χ1v) is 5.96. The highest BCUT2D eigenvalue weighted by molar-refractivity contribution is 5.23. The van der Waals surface area contributed by atoms with Crippen molar-refractivity contribution in [3.63, 3.8) is 0 Å². The summed E-state index contributed by atoms with van der Waals surface area (Å²) in [5.41, 5.74) is 2.61. The summed E-state index contributed by atoms with van der Waals surface area (Å²) in [6.07, 6.45) is 3.68. The zero-order chi connectivity index (χ0) is 11.1. The number of aryl methyl sites for hydroxylation is 1. The topological polar surface area (TPSA) is 9.23 Å². The molecule has 0 spiro atoms. The third-order valence-corrected chi connectivity index (χ3v) is 2.64. The predicted molar refractivity (Wildman–Crippen MR) is 65.1 cm³/mol. The van der Waals surface area contributed by atoms with Gasteiger partial charge in [-0.05, 0) is 25.3 Å². The quantitative estimate of drug-likeness (QED) is 0.632. The summed E-state index contributed by atoms with van der Waals surface area (Å²) in [6, 6.07) is 8.66.